The number of methoxy groups -OCH3 is 2. The minimum Gasteiger partial charge on any atom is -0.506 e. The number of aryl methyl sites for hydroxylation is 1. The number of unbranched alkanes of at least 4 members (excludes halogenated alkanes) is 1. The van der Waals surface area contributed by atoms with Crippen LogP contribution in [-0.2, 0) is 16.3 Å². The third-order valence-electron chi connectivity index (χ3n) is 5.46. The molecule has 0 aliphatic rings. The minimum absolute atomic E-state index is 0.138. The van der Waals surface area contributed by atoms with Crippen LogP contribution < -0.4 is 15.0 Å². The molecule has 0 aliphatic heterocycles. The van der Waals surface area contributed by atoms with Gasteiger partial charge in [-0.3, -0.25) is 4.79 Å². The molecule has 9 heteroatoms. The Kier molecular flexibility index (Phi) is 7.46. The van der Waals surface area contributed by atoms with Crippen LogP contribution in [-0.4, -0.2) is 37.7 Å². The van der Waals surface area contributed by atoms with Crippen molar-refractivity contribution in [2.75, 3.05) is 14.2 Å². The quantitative estimate of drug-likeness (QED) is 0.463. The lowest BCUT2D eigenvalue weighted by Gasteiger charge is -2.19. The Morgan fingerprint density at radius 3 is 2.26 bits per heavy atom. The van der Waals surface area contributed by atoms with Gasteiger partial charge in [0.05, 0.1) is 25.3 Å². The lowest BCUT2D eigenvalue weighted by atomic mass is 9.98. The number of allylic oxidation sites excluding steroid dienone is 1. The molecule has 0 amide bonds. The molecule has 0 saturated carbocycles. The van der Waals surface area contributed by atoms with E-state index in [1.807, 2.05) is 6.92 Å². The molecule has 0 unspecified atom stereocenters. The van der Waals surface area contributed by atoms with Crippen LogP contribution in [0.5, 0.6) is 17.2 Å². The van der Waals surface area contributed by atoms with Gasteiger partial charge in [0.15, 0.2) is 9.92 Å². The molecule has 0 fully saturated rings. The van der Waals surface area contributed by atoms with Crippen LogP contribution >= 0.6 is 0 Å². The van der Waals surface area contributed by atoms with Gasteiger partial charge >= 0.3 is 0 Å². The first-order valence-electron chi connectivity index (χ1n) is 10.7. The first-order chi connectivity index (χ1) is 16.2. The predicted molar refractivity (Wildman–Crippen MR) is 130 cm³/mol. The van der Waals surface area contributed by atoms with Crippen molar-refractivity contribution in [3.8, 4) is 28.4 Å². The van der Waals surface area contributed by atoms with Crippen LogP contribution in [0.3, 0.4) is 0 Å². The molecule has 0 bridgehead atoms. The van der Waals surface area contributed by atoms with E-state index >= 15 is 0 Å². The Labute approximate surface area is 198 Å². The lowest BCUT2D eigenvalue weighted by molar-refractivity contribution is 0.395. The summed E-state index contributed by atoms with van der Waals surface area (Å²) in [7, 11) is -1.55. The Morgan fingerprint density at radius 1 is 1.12 bits per heavy atom. The molecule has 1 aromatic carbocycles. The normalized spacial score (nSPS) is 11.3. The van der Waals surface area contributed by atoms with Gasteiger partial charge < -0.3 is 19.6 Å². The number of aromatic hydroxyl groups is 1. The van der Waals surface area contributed by atoms with Crippen LogP contribution in [0.1, 0.15) is 37.9 Å². The average molecular weight is 485 g/mol. The summed E-state index contributed by atoms with van der Waals surface area (Å²) in [5, 5.41) is 11.0. The minimum atomic E-state index is -4.47. The molecule has 8 nitrogen and oxygen atoms in total. The summed E-state index contributed by atoms with van der Waals surface area (Å²) >= 11 is 0. The molecule has 0 atom stereocenters. The zero-order chi connectivity index (χ0) is 25.0. The van der Waals surface area contributed by atoms with E-state index in [2.05, 4.69) is 16.5 Å². The van der Waals surface area contributed by atoms with Gasteiger partial charge in [0.1, 0.15) is 17.2 Å². The summed E-state index contributed by atoms with van der Waals surface area (Å²) < 4.78 is 37.9. The van der Waals surface area contributed by atoms with Crippen molar-refractivity contribution in [2.45, 2.75) is 43.0 Å². The monoisotopic (exact) mass is 484 g/mol. The van der Waals surface area contributed by atoms with Crippen molar-refractivity contribution in [3.05, 3.63) is 64.7 Å². The van der Waals surface area contributed by atoms with Crippen LogP contribution in [0.25, 0.3) is 16.7 Å². The van der Waals surface area contributed by atoms with Gasteiger partial charge in [-0.25, -0.2) is 13.4 Å². The van der Waals surface area contributed by atoms with Crippen LogP contribution in [0.2, 0.25) is 0 Å². The van der Waals surface area contributed by atoms with Gasteiger partial charge in [-0.05, 0) is 49.1 Å². The maximum atomic E-state index is 13.4. The Balaban J connectivity index is 2.36. The number of nitrogens with one attached hydrogen (secondary N) is 1. The number of aromatic amines is 1. The number of ether oxygens (including phenoxy) is 2. The van der Waals surface area contributed by atoms with Gasteiger partial charge in [-0.2, -0.15) is 0 Å². The highest BCUT2D eigenvalue weighted by Gasteiger charge is 2.32. The number of rotatable bonds is 9. The maximum Gasteiger partial charge on any atom is 0.271 e. The molecule has 2 aromatic heterocycles. The number of pyridine rings is 2. The summed E-state index contributed by atoms with van der Waals surface area (Å²) in [6.45, 7) is 7.56. The molecule has 0 spiro atoms. The lowest BCUT2D eigenvalue weighted by Crippen LogP contribution is -2.21. The standard InChI is InChI=1S/C25H28N2O6S/c1-6-7-9-17-21(22-18(32-4)10-8-11-19(22)33-5)23(28)24(25(29)27-17)34(30,31)20-13-12-16(14-26-20)15(2)3/h8,10-14H,2,6-7,9H2,1,3-5H3,(H2,27,28,29). The summed E-state index contributed by atoms with van der Waals surface area (Å²) in [5.74, 6) is 0.0295. The largest absolute Gasteiger partial charge is 0.506 e. The zero-order valence-corrected chi connectivity index (χ0v) is 20.5. The second-order valence-corrected chi connectivity index (χ2v) is 9.63. The Bertz CT molecular complexity index is 1350. The molecule has 0 saturated heterocycles. The van der Waals surface area contributed by atoms with E-state index in [-0.39, 0.29) is 10.6 Å². The molecule has 0 aliphatic carbocycles. The highest BCUT2D eigenvalue weighted by molar-refractivity contribution is 7.91. The summed E-state index contributed by atoms with van der Waals surface area (Å²) in [4.78, 5) is 18.9. The number of aromatic nitrogens is 2. The smallest absolute Gasteiger partial charge is 0.271 e. The van der Waals surface area contributed by atoms with Crippen LogP contribution in [0.15, 0.2) is 57.8 Å². The fourth-order valence-electron chi connectivity index (χ4n) is 3.67. The van der Waals surface area contributed by atoms with Gasteiger partial charge in [0.2, 0.25) is 9.84 Å². The SMILES string of the molecule is C=C(C)c1ccc(S(=O)(=O)c2c(O)c(-c3c(OC)cccc3OC)c(CCCC)[nH]c2=O)nc1. The zero-order valence-electron chi connectivity index (χ0n) is 19.6. The third-order valence-corrected chi connectivity index (χ3v) is 7.16. The van der Waals surface area contributed by atoms with Crippen molar-refractivity contribution in [2.24, 2.45) is 0 Å². The molecule has 0 radical (unpaired) electrons. The number of hydrogen-bond donors (Lipinski definition) is 2. The highest BCUT2D eigenvalue weighted by atomic mass is 32.2. The fourth-order valence-corrected chi connectivity index (χ4v) is 4.97. The summed E-state index contributed by atoms with van der Waals surface area (Å²) in [5.41, 5.74) is 1.31. The number of hydrogen-bond acceptors (Lipinski definition) is 7. The van der Waals surface area contributed by atoms with Crippen LogP contribution in [0.4, 0.5) is 0 Å². The van der Waals surface area contributed by atoms with Crippen molar-refractivity contribution < 1.29 is 23.0 Å². The fraction of sp³-hybridized carbons (Fsp3) is 0.280. The topological polar surface area (TPSA) is 119 Å². The molecule has 3 aromatic rings. The van der Waals surface area contributed by atoms with E-state index in [4.69, 9.17) is 9.47 Å². The van der Waals surface area contributed by atoms with Gasteiger partial charge in [-0.15, -0.1) is 0 Å². The van der Waals surface area contributed by atoms with Gasteiger partial charge in [0, 0.05) is 11.9 Å². The van der Waals surface area contributed by atoms with E-state index in [0.717, 1.165) is 6.42 Å². The molecule has 2 N–H and O–H groups in total. The number of benzene rings is 1. The Hall–Kier alpha value is -3.59. The van der Waals surface area contributed by atoms with Gasteiger partial charge in [-0.1, -0.05) is 32.1 Å². The number of H-pyrrole nitrogens is 1. The first kappa shape index (κ1) is 25.0. The highest BCUT2D eigenvalue weighted by Crippen LogP contribution is 2.45. The molecule has 2 heterocycles. The average Bonchev–Trinajstić information content (AvgIpc) is 2.82. The predicted octanol–water partition coefficient (Wildman–Crippen LogP) is 4.37. The van der Waals surface area contributed by atoms with Crippen molar-refractivity contribution >= 4 is 15.4 Å². The van der Waals surface area contributed by atoms with Crippen molar-refractivity contribution in [1.82, 2.24) is 9.97 Å². The van der Waals surface area contributed by atoms with Gasteiger partial charge in [0.25, 0.3) is 5.56 Å². The summed E-state index contributed by atoms with van der Waals surface area (Å²) in [6.07, 6.45) is 3.29. The molecule has 3 rings (SSSR count). The third kappa shape index (κ3) is 4.56. The number of sulfone groups is 1. The van der Waals surface area contributed by atoms with Crippen molar-refractivity contribution in [3.63, 3.8) is 0 Å². The number of nitrogens with zero attached hydrogens (tertiary/aromatic N) is 1. The second-order valence-electron chi connectivity index (χ2n) is 7.80. The van der Waals surface area contributed by atoms with Crippen molar-refractivity contribution in [1.29, 1.82) is 0 Å². The van der Waals surface area contributed by atoms with E-state index in [9.17, 15) is 18.3 Å². The van der Waals surface area contributed by atoms with E-state index in [1.54, 1.807) is 31.2 Å². The van der Waals surface area contributed by atoms with E-state index in [0.29, 0.717) is 46.7 Å². The first-order valence-corrected chi connectivity index (χ1v) is 12.2. The molecule has 34 heavy (non-hydrogen) atoms. The van der Waals surface area contributed by atoms with Crippen LogP contribution in [0, 0.1) is 0 Å². The second kappa shape index (κ2) is 10.1. The Morgan fingerprint density at radius 2 is 1.76 bits per heavy atom. The van der Waals surface area contributed by atoms with E-state index in [1.165, 1.54) is 26.5 Å². The maximum absolute atomic E-state index is 13.4. The summed E-state index contributed by atoms with van der Waals surface area (Å²) in [6, 6.07) is 7.87. The molecule has 180 valence electrons. The van der Waals surface area contributed by atoms with E-state index < -0.39 is 26.0 Å². The molecular formula is C25H28N2O6S. The molecular weight excluding hydrogens is 456 g/mol.